The monoisotopic (exact) mass is 415 g/mol. The van der Waals surface area contributed by atoms with Crippen molar-refractivity contribution in [3.05, 3.63) is 64.4 Å². The zero-order valence-corrected chi connectivity index (χ0v) is 17.5. The summed E-state index contributed by atoms with van der Waals surface area (Å²) in [5.74, 6) is 3.17. The average Bonchev–Trinajstić information content (AvgIpc) is 3.46. The molecule has 1 fully saturated rings. The number of aryl methyl sites for hydroxylation is 1. The Hall–Kier alpha value is -2.18. The number of methoxy groups -OCH3 is 1. The second-order valence-electron chi connectivity index (χ2n) is 6.82. The first kappa shape index (κ1) is 19.2. The molecule has 28 heavy (non-hydrogen) atoms. The molecule has 1 aliphatic rings. The summed E-state index contributed by atoms with van der Waals surface area (Å²) in [6.07, 6.45) is 2.30. The quantitative estimate of drug-likeness (QED) is 0.457. The van der Waals surface area contributed by atoms with Gasteiger partial charge in [0.1, 0.15) is 18.1 Å². The highest BCUT2D eigenvalue weighted by Crippen LogP contribution is 2.40. The molecule has 0 spiro atoms. The van der Waals surface area contributed by atoms with Crippen molar-refractivity contribution in [1.82, 2.24) is 14.8 Å². The van der Waals surface area contributed by atoms with Gasteiger partial charge in [-0.2, -0.15) is 0 Å². The highest BCUT2D eigenvalue weighted by Gasteiger charge is 2.30. The fourth-order valence-corrected chi connectivity index (χ4v) is 4.26. The minimum Gasteiger partial charge on any atom is -0.496 e. The number of rotatable bonds is 8. The fraction of sp³-hybridized carbons (Fsp3) is 0.333. The second kappa shape index (κ2) is 8.45. The van der Waals surface area contributed by atoms with Crippen molar-refractivity contribution in [2.45, 2.75) is 43.3 Å². The fourth-order valence-electron chi connectivity index (χ4n) is 3.07. The van der Waals surface area contributed by atoms with Crippen LogP contribution in [0.4, 0.5) is 0 Å². The van der Waals surface area contributed by atoms with Gasteiger partial charge in [0.15, 0.2) is 11.0 Å². The molecule has 146 valence electrons. The number of ether oxygens (including phenoxy) is 2. The Morgan fingerprint density at radius 1 is 1.14 bits per heavy atom. The smallest absolute Gasteiger partial charge is 0.191 e. The summed E-state index contributed by atoms with van der Waals surface area (Å²) in [6, 6.07) is 14.2. The predicted octanol–water partition coefficient (Wildman–Crippen LogP) is 5.45. The molecule has 4 rings (SSSR count). The maximum absolute atomic E-state index is 6.19. The lowest BCUT2D eigenvalue weighted by atomic mass is 10.1. The maximum Gasteiger partial charge on any atom is 0.191 e. The van der Waals surface area contributed by atoms with Gasteiger partial charge < -0.3 is 9.47 Å². The van der Waals surface area contributed by atoms with E-state index >= 15 is 0 Å². The van der Waals surface area contributed by atoms with E-state index in [0.29, 0.717) is 23.4 Å². The number of hydrogen-bond acceptors (Lipinski definition) is 5. The van der Waals surface area contributed by atoms with E-state index in [1.165, 1.54) is 5.56 Å². The van der Waals surface area contributed by atoms with Crippen LogP contribution in [0.5, 0.6) is 11.5 Å². The van der Waals surface area contributed by atoms with Crippen molar-refractivity contribution in [2.75, 3.05) is 7.11 Å². The molecule has 1 aromatic heterocycles. The number of hydrogen-bond donors (Lipinski definition) is 0. The number of halogens is 1. The molecule has 2 aromatic carbocycles. The van der Waals surface area contributed by atoms with Crippen LogP contribution in [0.25, 0.3) is 0 Å². The van der Waals surface area contributed by atoms with E-state index < -0.39 is 0 Å². The summed E-state index contributed by atoms with van der Waals surface area (Å²) < 4.78 is 13.6. The Morgan fingerprint density at radius 3 is 2.71 bits per heavy atom. The van der Waals surface area contributed by atoms with Gasteiger partial charge in [0.05, 0.1) is 12.1 Å². The molecule has 0 atom stereocenters. The summed E-state index contributed by atoms with van der Waals surface area (Å²) in [5, 5.41) is 10.3. The van der Waals surface area contributed by atoms with Gasteiger partial charge in [-0.05, 0) is 38.0 Å². The summed E-state index contributed by atoms with van der Waals surface area (Å²) in [7, 11) is 1.70. The molecule has 0 N–H and O–H groups in total. The van der Waals surface area contributed by atoms with E-state index in [9.17, 15) is 0 Å². The minimum absolute atomic E-state index is 0.349. The van der Waals surface area contributed by atoms with Gasteiger partial charge in [-0.3, -0.25) is 4.57 Å². The summed E-state index contributed by atoms with van der Waals surface area (Å²) >= 11 is 7.87. The van der Waals surface area contributed by atoms with Crippen molar-refractivity contribution in [1.29, 1.82) is 0 Å². The SMILES string of the molecule is COc1ccc(C)cc1CSc1nnc(COc2ccccc2Cl)n1C1CC1. The first-order chi connectivity index (χ1) is 13.7. The number of aromatic nitrogens is 3. The molecule has 0 bridgehead atoms. The van der Waals surface area contributed by atoms with Gasteiger partial charge in [-0.1, -0.05) is 53.2 Å². The highest BCUT2D eigenvalue weighted by molar-refractivity contribution is 7.98. The molecular weight excluding hydrogens is 394 g/mol. The highest BCUT2D eigenvalue weighted by atomic mass is 35.5. The lowest BCUT2D eigenvalue weighted by Crippen LogP contribution is -2.07. The van der Waals surface area contributed by atoms with Crippen LogP contribution in [0.2, 0.25) is 5.02 Å². The van der Waals surface area contributed by atoms with E-state index in [1.54, 1.807) is 18.9 Å². The molecule has 7 heteroatoms. The van der Waals surface area contributed by atoms with E-state index in [4.69, 9.17) is 21.1 Å². The van der Waals surface area contributed by atoms with Gasteiger partial charge >= 0.3 is 0 Å². The molecule has 0 amide bonds. The molecule has 1 aliphatic carbocycles. The van der Waals surface area contributed by atoms with Gasteiger partial charge in [-0.15, -0.1) is 10.2 Å². The second-order valence-corrected chi connectivity index (χ2v) is 8.17. The van der Waals surface area contributed by atoms with Gasteiger partial charge in [0.2, 0.25) is 0 Å². The minimum atomic E-state index is 0.349. The molecule has 0 radical (unpaired) electrons. The summed E-state index contributed by atoms with van der Waals surface area (Å²) in [4.78, 5) is 0. The first-order valence-corrected chi connectivity index (χ1v) is 10.6. The van der Waals surface area contributed by atoms with Gasteiger partial charge in [-0.25, -0.2) is 0 Å². The third-order valence-electron chi connectivity index (χ3n) is 4.63. The van der Waals surface area contributed by atoms with Crippen LogP contribution in [-0.2, 0) is 12.4 Å². The van der Waals surface area contributed by atoms with Crippen LogP contribution < -0.4 is 9.47 Å². The van der Waals surface area contributed by atoms with Crippen molar-refractivity contribution >= 4 is 23.4 Å². The summed E-state index contributed by atoms with van der Waals surface area (Å²) in [5.41, 5.74) is 2.38. The Kier molecular flexibility index (Phi) is 5.78. The normalized spacial score (nSPS) is 13.5. The standard InChI is InChI=1S/C21H22ClN3O2S/c1-14-7-10-18(26-2)15(11-14)13-28-21-24-23-20(25(21)16-8-9-16)12-27-19-6-4-3-5-17(19)22/h3-7,10-11,16H,8-9,12-13H2,1-2H3. The third-order valence-corrected chi connectivity index (χ3v) is 5.94. The molecule has 1 saturated carbocycles. The predicted molar refractivity (Wildman–Crippen MR) is 111 cm³/mol. The lowest BCUT2D eigenvalue weighted by Gasteiger charge is -2.12. The number of para-hydroxylation sites is 1. The molecular formula is C21H22ClN3O2S. The molecule has 5 nitrogen and oxygen atoms in total. The first-order valence-electron chi connectivity index (χ1n) is 9.23. The Bertz CT molecular complexity index is 972. The van der Waals surface area contributed by atoms with E-state index in [1.807, 2.05) is 30.3 Å². The van der Waals surface area contributed by atoms with Crippen LogP contribution in [0, 0.1) is 6.92 Å². The number of nitrogens with zero attached hydrogens (tertiary/aromatic N) is 3. The average molecular weight is 416 g/mol. The summed E-state index contributed by atoms with van der Waals surface area (Å²) in [6.45, 7) is 2.44. The zero-order chi connectivity index (χ0) is 19.5. The largest absolute Gasteiger partial charge is 0.496 e. The van der Waals surface area contributed by atoms with E-state index in [2.05, 4.69) is 33.8 Å². The number of thioether (sulfide) groups is 1. The Morgan fingerprint density at radius 2 is 1.96 bits per heavy atom. The Labute approximate surface area is 174 Å². The molecule has 1 heterocycles. The van der Waals surface area contributed by atoms with Gasteiger partial charge in [0.25, 0.3) is 0 Å². The van der Waals surface area contributed by atoms with E-state index in [-0.39, 0.29) is 0 Å². The zero-order valence-electron chi connectivity index (χ0n) is 15.9. The molecule has 0 saturated heterocycles. The van der Waals surface area contributed by atoms with Crippen LogP contribution in [0.15, 0.2) is 47.6 Å². The Balaban J connectivity index is 1.50. The van der Waals surface area contributed by atoms with Crippen LogP contribution in [0.1, 0.15) is 35.8 Å². The lowest BCUT2D eigenvalue weighted by molar-refractivity contribution is 0.288. The van der Waals surface area contributed by atoms with Crippen molar-refractivity contribution in [3.8, 4) is 11.5 Å². The molecule has 3 aromatic rings. The molecule has 0 aliphatic heterocycles. The maximum atomic E-state index is 6.19. The van der Waals surface area contributed by atoms with Crippen molar-refractivity contribution in [3.63, 3.8) is 0 Å². The number of benzene rings is 2. The van der Waals surface area contributed by atoms with Crippen LogP contribution in [0.3, 0.4) is 0 Å². The van der Waals surface area contributed by atoms with Crippen molar-refractivity contribution in [2.24, 2.45) is 0 Å². The van der Waals surface area contributed by atoms with Crippen LogP contribution >= 0.6 is 23.4 Å². The molecule has 0 unspecified atom stereocenters. The van der Waals surface area contributed by atoms with Crippen LogP contribution in [-0.4, -0.2) is 21.9 Å². The van der Waals surface area contributed by atoms with Gasteiger partial charge in [0, 0.05) is 17.4 Å². The van der Waals surface area contributed by atoms with Crippen molar-refractivity contribution < 1.29 is 9.47 Å². The topological polar surface area (TPSA) is 49.2 Å². The third kappa shape index (κ3) is 4.28. The van der Waals surface area contributed by atoms with E-state index in [0.717, 1.165) is 40.9 Å².